The van der Waals surface area contributed by atoms with Crippen LogP contribution in [-0.4, -0.2) is 7.05 Å². The minimum Gasteiger partial charge on any atom is -0.351 e. The molecule has 0 spiro atoms. The number of rotatable bonds is 3. The first kappa shape index (κ1) is 21.7. The molecular weight excluding hydrogens is 418 g/mol. The normalized spacial score (nSPS) is 20.1. The van der Waals surface area contributed by atoms with E-state index < -0.39 is 0 Å². The number of hydrogen-bond donors (Lipinski definition) is 0. The third-order valence-electron chi connectivity index (χ3n) is 6.59. The molecule has 0 unspecified atom stereocenters. The highest BCUT2D eigenvalue weighted by atomic mass is 32.1. The first-order chi connectivity index (χ1) is 15.9. The van der Waals surface area contributed by atoms with Gasteiger partial charge in [0.05, 0.1) is 0 Å². The topological polar surface area (TPSA) is 3.24 Å². The minimum atomic E-state index is 0.262. The Labute approximate surface area is 201 Å². The summed E-state index contributed by atoms with van der Waals surface area (Å²) in [5, 5.41) is 1.38. The molecule has 33 heavy (non-hydrogen) atoms. The van der Waals surface area contributed by atoms with Gasteiger partial charge in [0, 0.05) is 34.1 Å². The average Bonchev–Trinajstić information content (AvgIpc) is 3.10. The van der Waals surface area contributed by atoms with E-state index in [1.807, 2.05) is 11.3 Å². The number of hydrogen-bond acceptors (Lipinski definition) is 2. The van der Waals surface area contributed by atoms with Crippen molar-refractivity contribution in [3.8, 4) is 0 Å². The fourth-order valence-electron chi connectivity index (χ4n) is 5.02. The summed E-state index contributed by atoms with van der Waals surface area (Å²) in [7, 11) is 2.10. The zero-order chi connectivity index (χ0) is 23.0. The van der Waals surface area contributed by atoms with Gasteiger partial charge in [-0.2, -0.15) is 0 Å². The number of anilines is 1. The van der Waals surface area contributed by atoms with Gasteiger partial charge in [-0.15, -0.1) is 11.3 Å². The molecule has 0 saturated heterocycles. The molecule has 1 nitrogen and oxygen atoms in total. The standard InChI is InChI=1S/C31H31NS/c1-22-26-12-6-8-15-29(26)33-30(22)19-24-18-23(20-31(2,3)21-24)10-9-11-25-16-17-32(4)28-14-7-5-13-27(25)28/h5-19H,20-21H2,1-4H3. The maximum Gasteiger partial charge on any atom is 0.0483 e. The highest BCUT2D eigenvalue weighted by molar-refractivity contribution is 7.20. The van der Waals surface area contributed by atoms with Crippen molar-refractivity contribution < 1.29 is 0 Å². The van der Waals surface area contributed by atoms with Crippen molar-refractivity contribution >= 4 is 38.8 Å². The van der Waals surface area contributed by atoms with Crippen molar-refractivity contribution in [3.05, 3.63) is 112 Å². The molecule has 1 aromatic heterocycles. The zero-order valence-electron chi connectivity index (χ0n) is 19.9. The van der Waals surface area contributed by atoms with Crippen LogP contribution in [0.2, 0.25) is 0 Å². The second-order valence-corrected chi connectivity index (χ2v) is 11.1. The molecule has 0 atom stereocenters. The third kappa shape index (κ3) is 4.54. The van der Waals surface area contributed by atoms with Gasteiger partial charge in [-0.3, -0.25) is 0 Å². The Kier molecular flexibility index (Phi) is 5.72. The van der Waals surface area contributed by atoms with Gasteiger partial charge in [-0.1, -0.05) is 74.5 Å². The van der Waals surface area contributed by atoms with Crippen LogP contribution in [-0.2, 0) is 0 Å². The van der Waals surface area contributed by atoms with Gasteiger partial charge in [-0.05, 0) is 77.1 Å². The quantitative estimate of drug-likeness (QED) is 0.386. The van der Waals surface area contributed by atoms with Crippen LogP contribution in [0.5, 0.6) is 0 Å². The number of thiophene rings is 1. The SMILES string of the molecule is Cc1c(C=C2C=C(C=CC=C3C=CN(C)c4ccccc43)CC(C)(C)C2)sc2ccccc12. The molecule has 166 valence electrons. The molecule has 2 heteroatoms. The van der Waals surface area contributed by atoms with Crippen LogP contribution < -0.4 is 4.90 Å². The van der Waals surface area contributed by atoms with E-state index in [0.717, 1.165) is 12.8 Å². The summed E-state index contributed by atoms with van der Waals surface area (Å²) in [5.74, 6) is 0. The molecule has 2 aromatic carbocycles. The Hall–Kier alpha value is -3.10. The molecule has 1 aliphatic carbocycles. The lowest BCUT2D eigenvalue weighted by Crippen LogP contribution is -2.16. The molecule has 2 heterocycles. The van der Waals surface area contributed by atoms with E-state index in [2.05, 4.69) is 124 Å². The predicted molar refractivity (Wildman–Crippen MR) is 147 cm³/mol. The maximum absolute atomic E-state index is 2.42. The van der Waals surface area contributed by atoms with Crippen molar-refractivity contribution in [2.24, 2.45) is 5.41 Å². The van der Waals surface area contributed by atoms with Crippen molar-refractivity contribution in [1.29, 1.82) is 0 Å². The Morgan fingerprint density at radius 1 is 1.00 bits per heavy atom. The summed E-state index contributed by atoms with van der Waals surface area (Å²) in [5.41, 5.74) is 8.28. The average molecular weight is 450 g/mol. The number of nitrogens with zero attached hydrogens (tertiary/aromatic N) is 1. The van der Waals surface area contributed by atoms with Crippen molar-refractivity contribution in [1.82, 2.24) is 0 Å². The van der Waals surface area contributed by atoms with Gasteiger partial charge in [0.25, 0.3) is 0 Å². The molecule has 1 aliphatic heterocycles. The second kappa shape index (κ2) is 8.68. The summed E-state index contributed by atoms with van der Waals surface area (Å²) in [6.45, 7) is 7.02. The number of fused-ring (bicyclic) bond motifs is 2. The smallest absolute Gasteiger partial charge is 0.0483 e. The summed E-state index contributed by atoms with van der Waals surface area (Å²) >= 11 is 1.90. The highest BCUT2D eigenvalue weighted by Crippen LogP contribution is 2.41. The largest absolute Gasteiger partial charge is 0.351 e. The molecule has 0 saturated carbocycles. The van der Waals surface area contributed by atoms with Gasteiger partial charge in [0.15, 0.2) is 0 Å². The van der Waals surface area contributed by atoms with Gasteiger partial charge in [0.1, 0.15) is 0 Å². The van der Waals surface area contributed by atoms with E-state index in [9.17, 15) is 0 Å². The van der Waals surface area contributed by atoms with E-state index in [-0.39, 0.29) is 5.41 Å². The fourth-order valence-corrected chi connectivity index (χ4v) is 6.20. The number of allylic oxidation sites excluding steroid dienone is 8. The molecule has 2 aliphatic rings. The monoisotopic (exact) mass is 449 g/mol. The lowest BCUT2D eigenvalue weighted by molar-refractivity contribution is 0.356. The van der Waals surface area contributed by atoms with Crippen LogP contribution in [0.1, 0.15) is 42.7 Å². The van der Waals surface area contributed by atoms with Gasteiger partial charge < -0.3 is 4.90 Å². The van der Waals surface area contributed by atoms with Crippen LogP contribution in [0.25, 0.3) is 21.7 Å². The molecule has 0 bridgehead atoms. The van der Waals surface area contributed by atoms with Crippen LogP contribution in [0.3, 0.4) is 0 Å². The predicted octanol–water partition coefficient (Wildman–Crippen LogP) is 8.94. The summed E-state index contributed by atoms with van der Waals surface area (Å²) in [6, 6.07) is 17.3. The van der Waals surface area contributed by atoms with Crippen LogP contribution in [0, 0.1) is 12.3 Å². The Bertz CT molecular complexity index is 1360. The van der Waals surface area contributed by atoms with E-state index in [4.69, 9.17) is 0 Å². The van der Waals surface area contributed by atoms with Crippen molar-refractivity contribution in [3.63, 3.8) is 0 Å². The molecular formula is C31H31NS. The van der Waals surface area contributed by atoms with E-state index >= 15 is 0 Å². The summed E-state index contributed by atoms with van der Waals surface area (Å²) < 4.78 is 1.37. The minimum absolute atomic E-state index is 0.262. The highest BCUT2D eigenvalue weighted by Gasteiger charge is 2.24. The van der Waals surface area contributed by atoms with Gasteiger partial charge >= 0.3 is 0 Å². The third-order valence-corrected chi connectivity index (χ3v) is 7.81. The number of para-hydroxylation sites is 1. The summed E-state index contributed by atoms with van der Waals surface area (Å²) in [6.07, 6.45) is 18.1. The van der Waals surface area contributed by atoms with E-state index in [1.54, 1.807) is 0 Å². The second-order valence-electron chi connectivity index (χ2n) is 9.97. The first-order valence-corrected chi connectivity index (χ1v) is 12.5. The Morgan fingerprint density at radius 3 is 2.64 bits per heavy atom. The number of benzene rings is 2. The lowest BCUT2D eigenvalue weighted by Gasteiger charge is -2.30. The van der Waals surface area contributed by atoms with Crippen molar-refractivity contribution in [2.45, 2.75) is 33.6 Å². The molecule has 0 fully saturated rings. The van der Waals surface area contributed by atoms with Gasteiger partial charge in [0.2, 0.25) is 0 Å². The van der Waals surface area contributed by atoms with Crippen LogP contribution in [0.15, 0.2) is 96.3 Å². The van der Waals surface area contributed by atoms with Crippen molar-refractivity contribution in [2.75, 3.05) is 11.9 Å². The Balaban J connectivity index is 1.45. The van der Waals surface area contributed by atoms with Crippen LogP contribution >= 0.6 is 11.3 Å². The Morgan fingerprint density at radius 2 is 1.79 bits per heavy atom. The molecule has 5 rings (SSSR count). The van der Waals surface area contributed by atoms with Crippen LogP contribution in [0.4, 0.5) is 5.69 Å². The zero-order valence-corrected chi connectivity index (χ0v) is 20.7. The molecule has 0 N–H and O–H groups in total. The summed E-state index contributed by atoms with van der Waals surface area (Å²) in [4.78, 5) is 3.56. The lowest BCUT2D eigenvalue weighted by atomic mass is 9.75. The van der Waals surface area contributed by atoms with E-state index in [0.29, 0.717) is 0 Å². The molecule has 0 amide bonds. The molecule has 3 aromatic rings. The maximum atomic E-state index is 2.42. The van der Waals surface area contributed by atoms with Gasteiger partial charge in [-0.25, -0.2) is 0 Å². The fraction of sp³-hybridized carbons (Fsp3) is 0.226. The first-order valence-electron chi connectivity index (χ1n) is 11.7. The molecule has 0 radical (unpaired) electrons. The van der Waals surface area contributed by atoms with E-state index in [1.165, 1.54) is 48.5 Å². The number of aryl methyl sites for hydroxylation is 1.